The number of hydrogen-bond acceptors (Lipinski definition) is 3. The van der Waals surface area contributed by atoms with Gasteiger partial charge in [-0.3, -0.25) is 9.69 Å². The van der Waals surface area contributed by atoms with Gasteiger partial charge in [-0.05, 0) is 12.8 Å². The second-order valence-electron chi connectivity index (χ2n) is 3.91. The quantitative estimate of drug-likeness (QED) is 0.654. The molecule has 0 bridgehead atoms. The van der Waals surface area contributed by atoms with Crippen LogP contribution in [0.4, 0.5) is 0 Å². The summed E-state index contributed by atoms with van der Waals surface area (Å²) in [5, 5.41) is 17.8. The third-order valence-corrected chi connectivity index (χ3v) is 2.85. The van der Waals surface area contributed by atoms with Gasteiger partial charge >= 0.3 is 5.97 Å². The highest BCUT2D eigenvalue weighted by atomic mass is 16.4. The molecule has 3 atom stereocenters. The Morgan fingerprint density at radius 1 is 1.62 bits per heavy atom. The topological polar surface area (TPSA) is 60.8 Å². The number of aliphatic carboxylic acids is 1. The Hall–Kier alpha value is -0.610. The summed E-state index contributed by atoms with van der Waals surface area (Å²) in [5.74, 6) is -0.805. The van der Waals surface area contributed by atoms with Crippen LogP contribution in [0.25, 0.3) is 0 Å². The van der Waals surface area contributed by atoms with E-state index in [0.29, 0.717) is 6.54 Å². The summed E-state index contributed by atoms with van der Waals surface area (Å²) < 4.78 is 0. The van der Waals surface area contributed by atoms with Crippen molar-refractivity contribution in [3.05, 3.63) is 0 Å². The molecule has 4 heteroatoms. The van der Waals surface area contributed by atoms with E-state index >= 15 is 0 Å². The molecule has 1 saturated heterocycles. The monoisotopic (exact) mass is 187 g/mol. The van der Waals surface area contributed by atoms with E-state index in [1.807, 2.05) is 18.7 Å². The first kappa shape index (κ1) is 10.5. The number of rotatable bonds is 3. The Bertz CT molecular complexity index is 195. The van der Waals surface area contributed by atoms with E-state index in [1.165, 1.54) is 0 Å². The predicted molar refractivity (Wildman–Crippen MR) is 48.4 cm³/mol. The lowest BCUT2D eigenvalue weighted by molar-refractivity contribution is -0.142. The first-order valence-electron chi connectivity index (χ1n) is 4.64. The molecule has 0 amide bonds. The van der Waals surface area contributed by atoms with Gasteiger partial charge in [0.1, 0.15) is 0 Å². The Labute approximate surface area is 78.2 Å². The van der Waals surface area contributed by atoms with Crippen molar-refractivity contribution < 1.29 is 15.0 Å². The van der Waals surface area contributed by atoms with Crippen LogP contribution >= 0.6 is 0 Å². The van der Waals surface area contributed by atoms with Crippen LogP contribution in [0.3, 0.4) is 0 Å². The lowest BCUT2D eigenvalue weighted by Crippen LogP contribution is -2.34. The van der Waals surface area contributed by atoms with Crippen molar-refractivity contribution in [2.45, 2.75) is 19.9 Å². The summed E-state index contributed by atoms with van der Waals surface area (Å²) in [6, 6.07) is 0.0757. The van der Waals surface area contributed by atoms with Crippen molar-refractivity contribution in [3.8, 4) is 0 Å². The molecule has 1 rings (SSSR count). The number of hydrogen-bond donors (Lipinski definition) is 2. The molecule has 76 valence electrons. The van der Waals surface area contributed by atoms with Crippen LogP contribution in [0.2, 0.25) is 0 Å². The van der Waals surface area contributed by atoms with E-state index in [2.05, 4.69) is 0 Å². The fraction of sp³-hybridized carbons (Fsp3) is 0.889. The van der Waals surface area contributed by atoms with Crippen molar-refractivity contribution >= 4 is 5.97 Å². The molecule has 1 aliphatic heterocycles. The average molecular weight is 187 g/mol. The zero-order valence-electron chi connectivity index (χ0n) is 8.10. The highest BCUT2D eigenvalue weighted by molar-refractivity contribution is 5.71. The van der Waals surface area contributed by atoms with Crippen molar-refractivity contribution in [2.24, 2.45) is 11.8 Å². The van der Waals surface area contributed by atoms with E-state index in [-0.39, 0.29) is 24.5 Å². The molecule has 3 unspecified atom stereocenters. The number of aliphatic hydroxyl groups is 1. The molecule has 0 radical (unpaired) electrons. The number of carboxylic acids is 1. The van der Waals surface area contributed by atoms with Gasteiger partial charge in [-0.15, -0.1) is 0 Å². The summed E-state index contributed by atoms with van der Waals surface area (Å²) >= 11 is 0. The van der Waals surface area contributed by atoms with Gasteiger partial charge in [-0.2, -0.15) is 0 Å². The fourth-order valence-electron chi connectivity index (χ4n) is 1.80. The smallest absolute Gasteiger partial charge is 0.308 e. The normalized spacial score (nSPS) is 31.9. The molecule has 4 nitrogen and oxygen atoms in total. The molecule has 1 aliphatic rings. The van der Waals surface area contributed by atoms with E-state index in [4.69, 9.17) is 10.2 Å². The second kappa shape index (κ2) is 4.07. The van der Waals surface area contributed by atoms with Crippen molar-refractivity contribution in [1.29, 1.82) is 0 Å². The number of carbonyl (C=O) groups is 1. The summed E-state index contributed by atoms with van der Waals surface area (Å²) in [7, 11) is 0. The largest absolute Gasteiger partial charge is 0.481 e. The maximum Gasteiger partial charge on any atom is 0.308 e. The van der Waals surface area contributed by atoms with Crippen LogP contribution in [-0.4, -0.2) is 46.8 Å². The van der Waals surface area contributed by atoms with E-state index in [1.54, 1.807) is 0 Å². The molecule has 13 heavy (non-hydrogen) atoms. The fourth-order valence-corrected chi connectivity index (χ4v) is 1.80. The second-order valence-corrected chi connectivity index (χ2v) is 3.91. The minimum absolute atomic E-state index is 0.0757. The lowest BCUT2D eigenvalue weighted by Gasteiger charge is -2.21. The summed E-state index contributed by atoms with van der Waals surface area (Å²) in [6.07, 6.45) is 0. The number of carboxylic acid groups (broad SMARTS) is 1. The Morgan fingerprint density at radius 3 is 2.62 bits per heavy atom. The van der Waals surface area contributed by atoms with Gasteiger partial charge < -0.3 is 10.2 Å². The summed E-state index contributed by atoms with van der Waals surface area (Å²) in [4.78, 5) is 12.8. The predicted octanol–water partition coefficient (Wildman–Crippen LogP) is 0.0197. The molecule has 2 N–H and O–H groups in total. The van der Waals surface area contributed by atoms with Crippen LogP contribution < -0.4 is 0 Å². The van der Waals surface area contributed by atoms with Gasteiger partial charge in [-0.25, -0.2) is 0 Å². The van der Waals surface area contributed by atoms with E-state index in [0.717, 1.165) is 6.54 Å². The lowest BCUT2D eigenvalue weighted by atomic mass is 9.99. The third kappa shape index (κ3) is 2.19. The first-order valence-corrected chi connectivity index (χ1v) is 4.64. The number of nitrogens with zero attached hydrogens (tertiary/aromatic N) is 1. The van der Waals surface area contributed by atoms with Gasteiger partial charge in [-0.1, -0.05) is 6.92 Å². The number of aliphatic hydroxyl groups excluding tert-OH is 1. The van der Waals surface area contributed by atoms with Crippen LogP contribution in [0.15, 0.2) is 0 Å². The molecule has 1 heterocycles. The van der Waals surface area contributed by atoms with E-state index < -0.39 is 5.97 Å². The molecule has 0 aromatic heterocycles. The van der Waals surface area contributed by atoms with Gasteiger partial charge in [0.2, 0.25) is 0 Å². The summed E-state index contributed by atoms with van der Waals surface area (Å²) in [6.45, 7) is 5.30. The third-order valence-electron chi connectivity index (χ3n) is 2.85. The average Bonchev–Trinajstić information content (AvgIpc) is 2.46. The van der Waals surface area contributed by atoms with Gasteiger partial charge in [0.15, 0.2) is 0 Å². The van der Waals surface area contributed by atoms with Crippen LogP contribution in [-0.2, 0) is 4.79 Å². The maximum absolute atomic E-state index is 10.8. The molecule has 1 fully saturated rings. The minimum Gasteiger partial charge on any atom is -0.481 e. The zero-order chi connectivity index (χ0) is 10.0. The van der Waals surface area contributed by atoms with Gasteiger partial charge in [0.05, 0.1) is 12.5 Å². The molecule has 0 saturated carbocycles. The molecule has 0 aliphatic carbocycles. The zero-order valence-corrected chi connectivity index (χ0v) is 8.10. The van der Waals surface area contributed by atoms with Gasteiger partial charge in [0.25, 0.3) is 0 Å². The maximum atomic E-state index is 10.8. The highest BCUT2D eigenvalue weighted by Crippen LogP contribution is 2.24. The van der Waals surface area contributed by atoms with E-state index in [9.17, 15) is 4.79 Å². The van der Waals surface area contributed by atoms with Crippen molar-refractivity contribution in [2.75, 3.05) is 19.7 Å². The first-order chi connectivity index (χ1) is 6.06. The molecular weight excluding hydrogens is 170 g/mol. The molecule has 0 spiro atoms. The molecular formula is C9H17NO3. The van der Waals surface area contributed by atoms with Crippen LogP contribution in [0, 0.1) is 11.8 Å². The Morgan fingerprint density at radius 2 is 2.23 bits per heavy atom. The minimum atomic E-state index is -0.722. The van der Waals surface area contributed by atoms with Crippen molar-refractivity contribution in [3.63, 3.8) is 0 Å². The molecule has 0 aromatic rings. The van der Waals surface area contributed by atoms with Gasteiger partial charge in [0, 0.05) is 19.1 Å². The summed E-state index contributed by atoms with van der Waals surface area (Å²) in [5.41, 5.74) is 0. The standard InChI is InChI=1S/C9H17NO3/c1-6-3-10(7(2)5-11)4-8(6)9(12)13/h6-8,11H,3-5H2,1-2H3,(H,12,13). The van der Waals surface area contributed by atoms with Crippen LogP contribution in [0.5, 0.6) is 0 Å². The Balaban J connectivity index is 2.54. The SMILES string of the molecule is CC1CN(C(C)CO)CC1C(=O)O. The van der Waals surface area contributed by atoms with Crippen molar-refractivity contribution in [1.82, 2.24) is 4.90 Å². The Kier molecular flexibility index (Phi) is 3.27. The number of likely N-dealkylation sites (tertiary alicyclic amines) is 1. The van der Waals surface area contributed by atoms with Crippen LogP contribution in [0.1, 0.15) is 13.8 Å². The molecule has 0 aromatic carbocycles. The highest BCUT2D eigenvalue weighted by Gasteiger charge is 2.36.